The van der Waals surface area contributed by atoms with Crippen LogP contribution in [0.5, 0.6) is 0 Å². The predicted octanol–water partition coefficient (Wildman–Crippen LogP) is 17.6. The van der Waals surface area contributed by atoms with Gasteiger partial charge < -0.3 is 9.80 Å². The van der Waals surface area contributed by atoms with E-state index in [4.69, 9.17) is 0 Å². The van der Waals surface area contributed by atoms with Crippen molar-refractivity contribution in [3.8, 4) is 22.3 Å². The molecule has 0 bridgehead atoms. The number of nitrogens with zero attached hydrogens (tertiary/aromatic N) is 2. The zero-order valence-corrected chi connectivity index (χ0v) is 36.6. The second-order valence-corrected chi connectivity index (χ2v) is 18.0. The van der Waals surface area contributed by atoms with Crippen molar-refractivity contribution in [2.24, 2.45) is 0 Å². The molecule has 1 spiro atoms. The van der Waals surface area contributed by atoms with Crippen LogP contribution in [0.3, 0.4) is 0 Å². The molecule has 12 aromatic carbocycles. The Morgan fingerprint density at radius 2 is 0.687 bits per heavy atom. The number of rotatable bonds is 6. The molecule has 0 fully saturated rings. The predicted molar refractivity (Wildman–Crippen MR) is 282 cm³/mol. The van der Waals surface area contributed by atoms with Gasteiger partial charge in [0.2, 0.25) is 0 Å². The molecule has 0 aromatic heterocycles. The maximum absolute atomic E-state index is 2.52. The van der Waals surface area contributed by atoms with Crippen LogP contribution in [-0.4, -0.2) is 0 Å². The van der Waals surface area contributed by atoms with Crippen molar-refractivity contribution >= 4 is 77.2 Å². The first kappa shape index (κ1) is 37.6. The van der Waals surface area contributed by atoms with Crippen LogP contribution in [0.15, 0.2) is 255 Å². The van der Waals surface area contributed by atoms with Crippen molar-refractivity contribution in [3.63, 3.8) is 0 Å². The highest BCUT2D eigenvalue weighted by atomic mass is 15.1. The first-order chi connectivity index (χ1) is 33.2. The van der Waals surface area contributed by atoms with Crippen LogP contribution in [0.2, 0.25) is 0 Å². The van der Waals surface area contributed by atoms with Gasteiger partial charge >= 0.3 is 0 Å². The molecule has 312 valence electrons. The summed E-state index contributed by atoms with van der Waals surface area (Å²) in [7, 11) is 0. The monoisotopic (exact) mass is 850 g/mol. The number of benzene rings is 12. The Labute approximate surface area is 389 Å². The molecular formula is C65H42N2. The molecule has 0 N–H and O–H groups in total. The minimum atomic E-state index is -0.596. The normalized spacial score (nSPS) is 12.9. The van der Waals surface area contributed by atoms with Crippen LogP contribution in [0.25, 0.3) is 65.3 Å². The third-order valence-corrected chi connectivity index (χ3v) is 14.5. The number of anilines is 6. The molecule has 2 heteroatoms. The molecule has 0 aliphatic heterocycles. The van der Waals surface area contributed by atoms with Gasteiger partial charge in [0.15, 0.2) is 0 Å². The van der Waals surface area contributed by atoms with Crippen molar-refractivity contribution in [2.45, 2.75) is 5.41 Å². The Balaban J connectivity index is 1.07. The zero-order chi connectivity index (χ0) is 44.1. The lowest BCUT2D eigenvalue weighted by atomic mass is 9.69. The lowest BCUT2D eigenvalue weighted by Crippen LogP contribution is -2.26. The van der Waals surface area contributed by atoms with E-state index in [0.717, 1.165) is 34.1 Å². The van der Waals surface area contributed by atoms with E-state index in [2.05, 4.69) is 265 Å². The molecule has 12 aromatic rings. The van der Waals surface area contributed by atoms with Gasteiger partial charge in [-0.25, -0.2) is 0 Å². The van der Waals surface area contributed by atoms with Gasteiger partial charge in [-0.15, -0.1) is 0 Å². The summed E-state index contributed by atoms with van der Waals surface area (Å²) < 4.78 is 0. The van der Waals surface area contributed by atoms with E-state index in [-0.39, 0.29) is 0 Å². The zero-order valence-electron chi connectivity index (χ0n) is 36.6. The third-order valence-electron chi connectivity index (χ3n) is 14.5. The van der Waals surface area contributed by atoms with Gasteiger partial charge in [-0.05, 0) is 160 Å². The average molecular weight is 851 g/mol. The van der Waals surface area contributed by atoms with Crippen molar-refractivity contribution in [3.05, 3.63) is 277 Å². The highest BCUT2D eigenvalue weighted by Crippen LogP contribution is 2.66. The van der Waals surface area contributed by atoms with Gasteiger partial charge in [0.25, 0.3) is 0 Å². The third kappa shape index (κ3) is 5.51. The Morgan fingerprint density at radius 3 is 1.28 bits per heavy atom. The Hall–Kier alpha value is -8.72. The molecule has 67 heavy (non-hydrogen) atoms. The average Bonchev–Trinajstić information content (AvgIpc) is 3.87. The smallest absolute Gasteiger partial charge is 0.0732 e. The number of hydrogen-bond donors (Lipinski definition) is 0. The maximum Gasteiger partial charge on any atom is 0.0732 e. The summed E-state index contributed by atoms with van der Waals surface area (Å²) in [5.41, 5.74) is 16.6. The molecule has 0 saturated carbocycles. The highest BCUT2D eigenvalue weighted by Gasteiger charge is 2.53. The first-order valence-electron chi connectivity index (χ1n) is 23.3. The summed E-state index contributed by atoms with van der Waals surface area (Å²) >= 11 is 0. The lowest BCUT2D eigenvalue weighted by molar-refractivity contribution is 0.801. The van der Waals surface area contributed by atoms with Gasteiger partial charge in [0.1, 0.15) is 0 Å². The highest BCUT2D eigenvalue weighted by molar-refractivity contribution is 6.21. The summed E-state index contributed by atoms with van der Waals surface area (Å²) in [5, 5.41) is 9.91. The van der Waals surface area contributed by atoms with Crippen molar-refractivity contribution < 1.29 is 0 Å². The molecule has 0 saturated heterocycles. The maximum atomic E-state index is 2.52. The van der Waals surface area contributed by atoms with Crippen LogP contribution in [-0.2, 0) is 5.41 Å². The summed E-state index contributed by atoms with van der Waals surface area (Å²) in [4.78, 5) is 4.85. The van der Waals surface area contributed by atoms with Crippen LogP contribution in [0.1, 0.15) is 22.3 Å². The molecular weight excluding hydrogens is 809 g/mol. The van der Waals surface area contributed by atoms with Gasteiger partial charge in [0.05, 0.1) is 5.41 Å². The second kappa shape index (κ2) is 14.7. The topological polar surface area (TPSA) is 6.48 Å². The van der Waals surface area contributed by atoms with E-state index in [0.29, 0.717) is 0 Å². The first-order valence-corrected chi connectivity index (χ1v) is 23.3. The van der Waals surface area contributed by atoms with E-state index in [1.165, 1.54) is 87.6 Å². The molecule has 2 aliphatic rings. The van der Waals surface area contributed by atoms with Crippen LogP contribution < -0.4 is 9.80 Å². The quantitative estimate of drug-likeness (QED) is 0.154. The molecule has 14 rings (SSSR count). The molecule has 0 radical (unpaired) electrons. The SMILES string of the molecule is c1ccc(N(c2ccc3c(c2)C2(c4ccccc4-c4ccccc42)c2c-3c3ccccc3c3cc(N(c4ccccc4)c4ccc5ccccc5c4)ccc23)c2ccc3ccccc3c2)cc1. The molecule has 0 atom stereocenters. The van der Waals surface area contributed by atoms with Gasteiger partial charge in [-0.2, -0.15) is 0 Å². The molecule has 2 aliphatic carbocycles. The molecule has 0 unspecified atom stereocenters. The number of hydrogen-bond acceptors (Lipinski definition) is 2. The Kier molecular flexibility index (Phi) is 8.23. The Bertz CT molecular complexity index is 3900. The van der Waals surface area contributed by atoms with Crippen LogP contribution in [0, 0.1) is 0 Å². The molecule has 0 amide bonds. The van der Waals surface area contributed by atoms with Gasteiger partial charge in [0, 0.05) is 34.1 Å². The summed E-state index contributed by atoms with van der Waals surface area (Å²) in [6.45, 7) is 0. The second-order valence-electron chi connectivity index (χ2n) is 18.0. The van der Waals surface area contributed by atoms with Crippen molar-refractivity contribution in [1.82, 2.24) is 0 Å². The Morgan fingerprint density at radius 1 is 0.239 bits per heavy atom. The van der Waals surface area contributed by atoms with Crippen molar-refractivity contribution in [1.29, 1.82) is 0 Å². The molecule has 2 nitrogen and oxygen atoms in total. The lowest BCUT2D eigenvalue weighted by Gasteiger charge is -2.33. The standard InChI is InChI=1S/C65H42N2/c1-3-21-47(22-4-1)66(49-33-31-43-17-7-9-19-45(43)39-49)51-35-37-57-59(41-51)53-25-11-12-28-56(53)63-58-38-36-52(67(48-23-5-2-6-24-48)50-34-32-44-18-8-10-20-46(44)40-50)42-62(58)65(64(57)63)60-29-15-13-26-54(60)55-27-14-16-30-61(55)65/h1-42H. The van der Waals surface area contributed by atoms with E-state index >= 15 is 0 Å². The van der Waals surface area contributed by atoms with E-state index < -0.39 is 5.41 Å². The fraction of sp³-hybridized carbons (Fsp3) is 0.0154. The number of fused-ring (bicyclic) bond motifs is 17. The minimum absolute atomic E-state index is 0.596. The summed E-state index contributed by atoms with van der Waals surface area (Å²) in [6, 6.07) is 94.5. The van der Waals surface area contributed by atoms with E-state index in [1.54, 1.807) is 0 Å². The van der Waals surface area contributed by atoms with E-state index in [1.807, 2.05) is 0 Å². The van der Waals surface area contributed by atoms with Gasteiger partial charge in [-0.1, -0.05) is 182 Å². The fourth-order valence-electron chi connectivity index (χ4n) is 11.8. The van der Waals surface area contributed by atoms with E-state index in [9.17, 15) is 0 Å². The largest absolute Gasteiger partial charge is 0.310 e. The van der Waals surface area contributed by atoms with Crippen LogP contribution in [0.4, 0.5) is 34.1 Å². The van der Waals surface area contributed by atoms with Gasteiger partial charge in [-0.3, -0.25) is 0 Å². The summed E-state index contributed by atoms with van der Waals surface area (Å²) in [6.07, 6.45) is 0. The van der Waals surface area contributed by atoms with Crippen LogP contribution >= 0.6 is 0 Å². The van der Waals surface area contributed by atoms with Crippen molar-refractivity contribution in [2.75, 3.05) is 9.80 Å². The summed E-state index contributed by atoms with van der Waals surface area (Å²) in [5.74, 6) is 0. The fourth-order valence-corrected chi connectivity index (χ4v) is 11.8. The molecule has 0 heterocycles. The number of para-hydroxylation sites is 2. The minimum Gasteiger partial charge on any atom is -0.310 e.